The second-order valence-electron chi connectivity index (χ2n) is 4.48. The molecule has 1 aromatic carbocycles. The van der Waals surface area contributed by atoms with Crippen LogP contribution in [0, 0.1) is 0 Å². The number of carbonyl (C=O) groups is 1. The van der Waals surface area contributed by atoms with Gasteiger partial charge in [0, 0.05) is 6.42 Å². The van der Waals surface area contributed by atoms with E-state index in [1.807, 2.05) is 6.07 Å². The first-order chi connectivity index (χ1) is 7.51. The summed E-state index contributed by atoms with van der Waals surface area (Å²) in [5, 5.41) is 9.69. The predicted molar refractivity (Wildman–Crippen MR) is 63.0 cm³/mol. The molecule has 0 aliphatic carbocycles. The van der Waals surface area contributed by atoms with Crippen LogP contribution in [0.4, 0.5) is 0 Å². The summed E-state index contributed by atoms with van der Waals surface area (Å²) in [6.07, 6.45) is 2.22. The van der Waals surface area contributed by atoms with Crippen LogP contribution in [0.3, 0.4) is 0 Å². The Hall–Kier alpha value is -1.51. The molecule has 3 heteroatoms. The fourth-order valence-electron chi connectivity index (χ4n) is 1.68. The minimum Gasteiger partial charge on any atom is -0.504 e. The van der Waals surface area contributed by atoms with Crippen LogP contribution in [0.15, 0.2) is 18.2 Å². The summed E-state index contributed by atoms with van der Waals surface area (Å²) in [7, 11) is 1.52. The molecule has 3 nitrogen and oxygen atoms in total. The van der Waals surface area contributed by atoms with E-state index < -0.39 is 0 Å². The predicted octanol–water partition coefficient (Wildman–Crippen LogP) is 2.66. The van der Waals surface area contributed by atoms with Crippen molar-refractivity contribution in [3.05, 3.63) is 23.8 Å². The Balaban J connectivity index is 2.95. The highest BCUT2D eigenvalue weighted by molar-refractivity contribution is 5.50. The maximum Gasteiger partial charge on any atom is 0.160 e. The minimum absolute atomic E-state index is 0.120. The van der Waals surface area contributed by atoms with Gasteiger partial charge in [-0.15, -0.1) is 0 Å². The van der Waals surface area contributed by atoms with E-state index in [0.29, 0.717) is 12.2 Å². The Kier molecular flexibility index (Phi) is 3.93. The van der Waals surface area contributed by atoms with E-state index in [9.17, 15) is 9.90 Å². The molecule has 0 atom stereocenters. The van der Waals surface area contributed by atoms with Gasteiger partial charge in [0.1, 0.15) is 6.29 Å². The van der Waals surface area contributed by atoms with Crippen LogP contribution in [0.1, 0.15) is 32.3 Å². The van der Waals surface area contributed by atoms with Gasteiger partial charge >= 0.3 is 0 Å². The number of aromatic hydroxyl groups is 1. The van der Waals surface area contributed by atoms with Crippen LogP contribution in [-0.2, 0) is 10.2 Å². The first-order valence-corrected chi connectivity index (χ1v) is 5.32. The molecule has 0 heterocycles. The molecule has 1 aromatic rings. The lowest BCUT2D eigenvalue weighted by molar-refractivity contribution is -0.108. The molecule has 0 bridgehead atoms. The molecule has 1 N–H and O–H groups in total. The van der Waals surface area contributed by atoms with Gasteiger partial charge in [0.2, 0.25) is 0 Å². The summed E-state index contributed by atoms with van der Waals surface area (Å²) < 4.78 is 4.99. The number of rotatable bonds is 5. The van der Waals surface area contributed by atoms with Crippen molar-refractivity contribution < 1.29 is 14.6 Å². The van der Waals surface area contributed by atoms with Crippen LogP contribution in [0.5, 0.6) is 11.5 Å². The highest BCUT2D eigenvalue weighted by atomic mass is 16.5. The highest BCUT2D eigenvalue weighted by Crippen LogP contribution is 2.34. The van der Waals surface area contributed by atoms with E-state index in [0.717, 1.165) is 18.3 Å². The van der Waals surface area contributed by atoms with Gasteiger partial charge in [-0.1, -0.05) is 19.9 Å². The molecular weight excluding hydrogens is 204 g/mol. The van der Waals surface area contributed by atoms with Crippen LogP contribution in [-0.4, -0.2) is 18.5 Å². The maximum absolute atomic E-state index is 10.4. The van der Waals surface area contributed by atoms with Crippen molar-refractivity contribution in [1.29, 1.82) is 0 Å². The molecule has 0 saturated carbocycles. The zero-order valence-corrected chi connectivity index (χ0v) is 9.99. The number of ether oxygens (including phenoxy) is 1. The highest BCUT2D eigenvalue weighted by Gasteiger charge is 2.21. The zero-order chi connectivity index (χ0) is 12.2. The molecule has 0 fully saturated rings. The molecule has 0 aromatic heterocycles. The van der Waals surface area contributed by atoms with E-state index in [1.54, 1.807) is 12.1 Å². The molecule has 0 saturated heterocycles. The lowest BCUT2D eigenvalue weighted by atomic mass is 9.80. The second kappa shape index (κ2) is 5.01. The van der Waals surface area contributed by atoms with Gasteiger partial charge in [0.25, 0.3) is 0 Å². The summed E-state index contributed by atoms with van der Waals surface area (Å²) in [6, 6.07) is 5.36. The second-order valence-corrected chi connectivity index (χ2v) is 4.48. The summed E-state index contributed by atoms with van der Waals surface area (Å²) >= 11 is 0. The smallest absolute Gasteiger partial charge is 0.160 e. The number of methoxy groups -OCH3 is 1. The van der Waals surface area contributed by atoms with Crippen LogP contribution in [0.2, 0.25) is 0 Å². The largest absolute Gasteiger partial charge is 0.504 e. The molecule has 0 amide bonds. The molecule has 88 valence electrons. The van der Waals surface area contributed by atoms with Crippen LogP contribution >= 0.6 is 0 Å². The van der Waals surface area contributed by atoms with E-state index in [2.05, 4.69) is 13.8 Å². The van der Waals surface area contributed by atoms with Crippen molar-refractivity contribution >= 4 is 6.29 Å². The van der Waals surface area contributed by atoms with Crippen molar-refractivity contribution in [2.24, 2.45) is 0 Å². The third-order valence-corrected chi connectivity index (χ3v) is 2.85. The number of carbonyl (C=O) groups excluding carboxylic acids is 1. The number of phenolic OH excluding ortho intramolecular Hbond substituents is 1. The Morgan fingerprint density at radius 3 is 2.62 bits per heavy atom. The van der Waals surface area contributed by atoms with E-state index in [4.69, 9.17) is 4.74 Å². The van der Waals surface area contributed by atoms with Gasteiger partial charge in [-0.05, 0) is 29.5 Å². The molecule has 16 heavy (non-hydrogen) atoms. The summed E-state index contributed by atoms with van der Waals surface area (Å²) in [6.45, 7) is 4.11. The van der Waals surface area contributed by atoms with Crippen molar-refractivity contribution in [2.75, 3.05) is 7.11 Å². The van der Waals surface area contributed by atoms with Crippen molar-refractivity contribution in [3.8, 4) is 11.5 Å². The molecule has 0 spiro atoms. The third kappa shape index (κ3) is 2.75. The topological polar surface area (TPSA) is 46.5 Å². The molecule has 0 radical (unpaired) electrons. The third-order valence-electron chi connectivity index (χ3n) is 2.85. The number of benzene rings is 1. The van der Waals surface area contributed by atoms with Gasteiger partial charge in [-0.25, -0.2) is 0 Å². The standard InChI is InChI=1S/C13H18O3/c1-13(2,7-4-8-14)10-5-6-12(16-3)11(15)9-10/h5-6,8-9,15H,4,7H2,1-3H3. The molecule has 0 unspecified atom stereocenters. The lowest BCUT2D eigenvalue weighted by Gasteiger charge is -2.24. The number of hydrogen-bond donors (Lipinski definition) is 1. The van der Waals surface area contributed by atoms with Gasteiger partial charge in [0.15, 0.2) is 11.5 Å². The fourth-order valence-corrected chi connectivity index (χ4v) is 1.68. The molecule has 0 aliphatic rings. The average Bonchev–Trinajstić information content (AvgIpc) is 2.26. The molecule has 0 aliphatic heterocycles. The zero-order valence-electron chi connectivity index (χ0n) is 9.99. The Morgan fingerprint density at radius 2 is 2.12 bits per heavy atom. The average molecular weight is 222 g/mol. The quantitative estimate of drug-likeness (QED) is 0.779. The van der Waals surface area contributed by atoms with Gasteiger partial charge in [-0.2, -0.15) is 0 Å². The Labute approximate surface area is 96.1 Å². The van der Waals surface area contributed by atoms with E-state index in [1.165, 1.54) is 7.11 Å². The SMILES string of the molecule is COc1ccc(C(C)(C)CCC=O)cc1O. The van der Waals surface area contributed by atoms with Gasteiger partial charge in [-0.3, -0.25) is 0 Å². The molecule has 1 rings (SSSR count). The Bertz CT molecular complexity index is 369. The number of hydrogen-bond acceptors (Lipinski definition) is 3. The summed E-state index contributed by atoms with van der Waals surface area (Å²) in [5.41, 5.74) is 0.887. The van der Waals surface area contributed by atoms with E-state index in [-0.39, 0.29) is 11.2 Å². The molecular formula is C13H18O3. The van der Waals surface area contributed by atoms with Crippen molar-refractivity contribution in [1.82, 2.24) is 0 Å². The van der Waals surface area contributed by atoms with E-state index >= 15 is 0 Å². The number of phenols is 1. The maximum atomic E-state index is 10.4. The first-order valence-electron chi connectivity index (χ1n) is 5.32. The summed E-state index contributed by atoms with van der Waals surface area (Å²) in [5.74, 6) is 0.606. The van der Waals surface area contributed by atoms with Gasteiger partial charge in [0.05, 0.1) is 7.11 Å². The summed E-state index contributed by atoms with van der Waals surface area (Å²) in [4.78, 5) is 10.4. The monoisotopic (exact) mass is 222 g/mol. The van der Waals surface area contributed by atoms with Gasteiger partial charge < -0.3 is 14.6 Å². The van der Waals surface area contributed by atoms with Crippen LogP contribution < -0.4 is 4.74 Å². The Morgan fingerprint density at radius 1 is 1.44 bits per heavy atom. The van der Waals surface area contributed by atoms with Crippen molar-refractivity contribution in [3.63, 3.8) is 0 Å². The number of aldehydes is 1. The minimum atomic E-state index is -0.120. The van der Waals surface area contributed by atoms with Crippen LogP contribution in [0.25, 0.3) is 0 Å². The normalized spacial score (nSPS) is 11.2. The lowest BCUT2D eigenvalue weighted by Crippen LogP contribution is -2.17. The first kappa shape index (κ1) is 12.6. The fraction of sp³-hybridized carbons (Fsp3) is 0.462. The van der Waals surface area contributed by atoms with Crippen molar-refractivity contribution in [2.45, 2.75) is 32.1 Å².